The molecule has 4 aromatic carbocycles. The van der Waals surface area contributed by atoms with Crippen molar-refractivity contribution >= 4 is 67.0 Å². The Bertz CT molecular complexity index is 2100. The Labute approximate surface area is 398 Å². The first-order valence-corrected chi connectivity index (χ1v) is 25.2. The van der Waals surface area contributed by atoms with Gasteiger partial charge in [0.25, 0.3) is 0 Å². The van der Waals surface area contributed by atoms with Gasteiger partial charge in [-0.05, 0) is 208 Å². The highest BCUT2D eigenvalue weighted by atomic mass is 127. The molecule has 0 spiro atoms. The van der Waals surface area contributed by atoms with Gasteiger partial charge in [0.15, 0.2) is 12.6 Å². The van der Waals surface area contributed by atoms with E-state index in [1.807, 2.05) is 12.1 Å². The summed E-state index contributed by atoms with van der Waals surface area (Å²) in [4.78, 5) is 26.6. The van der Waals surface area contributed by atoms with Gasteiger partial charge in [0, 0.05) is 7.14 Å². The maximum Gasteiger partial charge on any atom is 0.342 e. The zero-order valence-corrected chi connectivity index (χ0v) is 41.3. The lowest BCUT2D eigenvalue weighted by molar-refractivity contribution is -0.0742. The van der Waals surface area contributed by atoms with Crippen LogP contribution < -0.4 is 18.9 Å². The van der Waals surface area contributed by atoms with E-state index in [1.54, 1.807) is 62.4 Å². The van der Waals surface area contributed by atoms with E-state index in [2.05, 4.69) is 59.0 Å². The van der Waals surface area contributed by atoms with Crippen LogP contribution >= 0.6 is 45.2 Å². The maximum absolute atomic E-state index is 13.5. The van der Waals surface area contributed by atoms with E-state index >= 15 is 0 Å². The molecule has 0 aliphatic heterocycles. The first-order chi connectivity index (χ1) is 30.2. The fourth-order valence-electron chi connectivity index (χ4n) is 7.89. The van der Waals surface area contributed by atoms with Crippen LogP contribution in [0.15, 0.2) is 94.7 Å². The largest absolute Gasteiger partial charge is 0.490 e. The molecule has 2 fully saturated rings. The minimum atomic E-state index is -3.84. The molecule has 2 atom stereocenters. The fraction of sp³-hybridized carbons (Fsp3) is 0.458. The molecule has 0 N–H and O–H groups in total. The highest BCUT2D eigenvalue weighted by molar-refractivity contribution is 14.1. The Morgan fingerprint density at radius 2 is 0.937 bits per heavy atom. The van der Waals surface area contributed by atoms with Gasteiger partial charge in [-0.1, -0.05) is 13.8 Å². The SMILES string of the molecule is CCC1(OC(=O)c2cc(I)ccc2OCCOC(C)Oc2ccc(S(=O)(=O)c3ccc(OC(C)OCCOc4ccc(I)cc4C(=O)OC4(CC)CCCC4)cc3)cc2)CCCC1. The van der Waals surface area contributed by atoms with E-state index in [1.165, 1.54) is 24.3 Å². The number of hydrogen-bond acceptors (Lipinski definition) is 12. The van der Waals surface area contributed by atoms with Crippen molar-refractivity contribution in [3.05, 3.63) is 103 Å². The number of benzene rings is 4. The summed E-state index contributed by atoms with van der Waals surface area (Å²) < 4.78 is 76.0. The molecule has 12 nitrogen and oxygen atoms in total. The minimum absolute atomic E-state index is 0.0970. The summed E-state index contributed by atoms with van der Waals surface area (Å²) in [5, 5.41) is 0. The van der Waals surface area contributed by atoms with Crippen molar-refractivity contribution < 1.29 is 55.9 Å². The molecule has 0 aromatic heterocycles. The molecule has 2 saturated carbocycles. The van der Waals surface area contributed by atoms with Gasteiger partial charge in [-0.25, -0.2) is 18.0 Å². The Morgan fingerprint density at radius 1 is 0.571 bits per heavy atom. The Kier molecular flexibility index (Phi) is 17.4. The third-order valence-electron chi connectivity index (χ3n) is 11.5. The number of hydrogen-bond donors (Lipinski definition) is 0. The van der Waals surface area contributed by atoms with E-state index in [9.17, 15) is 18.0 Å². The molecule has 0 amide bonds. The van der Waals surface area contributed by atoms with Crippen LogP contribution in [-0.2, 0) is 28.8 Å². The molecule has 63 heavy (non-hydrogen) atoms. The number of rotatable bonds is 22. The zero-order chi connectivity index (χ0) is 45.0. The number of halogens is 2. The number of carbonyl (C=O) groups excluding carboxylic acids is 2. The van der Waals surface area contributed by atoms with E-state index < -0.39 is 33.6 Å². The van der Waals surface area contributed by atoms with Crippen molar-refractivity contribution in [1.82, 2.24) is 0 Å². The molecular weight excluding hydrogens is 1050 g/mol. The van der Waals surface area contributed by atoms with Crippen LogP contribution in [0.25, 0.3) is 0 Å². The Balaban J connectivity index is 0.925. The first-order valence-electron chi connectivity index (χ1n) is 21.6. The van der Waals surface area contributed by atoms with Gasteiger partial charge in [-0.15, -0.1) is 0 Å². The molecule has 6 rings (SSSR count). The summed E-state index contributed by atoms with van der Waals surface area (Å²) in [6.45, 7) is 8.27. The van der Waals surface area contributed by atoms with Crippen molar-refractivity contribution in [2.75, 3.05) is 26.4 Å². The lowest BCUT2D eigenvalue weighted by Crippen LogP contribution is -2.31. The summed E-state index contributed by atoms with van der Waals surface area (Å²) in [5.41, 5.74) is -0.0388. The van der Waals surface area contributed by atoms with E-state index in [0.717, 1.165) is 71.3 Å². The lowest BCUT2D eigenvalue weighted by atomic mass is 9.98. The standard InChI is InChI=1S/C48H56I2O12S/c1-5-47(23-7-8-24-47)61-45(51)41-31-35(49)11-21-43(41)57-29-27-55-33(3)59-37-13-17-39(18-14-37)63(53,54)40-19-15-38(16-20-40)60-34(4)56-28-30-58-44-22-12-36(50)32-42(44)46(52)62-48(6-2)25-9-10-26-48/h11-22,31-34H,5-10,23-30H2,1-4H3. The molecule has 2 aliphatic carbocycles. The van der Waals surface area contributed by atoms with E-state index in [0.29, 0.717) is 34.1 Å². The second-order valence-corrected chi connectivity index (χ2v) is 20.2. The second-order valence-electron chi connectivity index (χ2n) is 15.8. The molecule has 0 bridgehead atoms. The third kappa shape index (κ3) is 13.2. The second kappa shape index (κ2) is 22.5. The quantitative estimate of drug-likeness (QED) is 0.0320. The molecule has 340 valence electrons. The van der Waals surface area contributed by atoms with Crippen molar-refractivity contribution in [2.45, 2.75) is 125 Å². The van der Waals surface area contributed by atoms with E-state index in [4.69, 9.17) is 37.9 Å². The highest BCUT2D eigenvalue weighted by Crippen LogP contribution is 2.39. The van der Waals surface area contributed by atoms with Crippen molar-refractivity contribution in [2.24, 2.45) is 0 Å². The number of sulfone groups is 1. The van der Waals surface area contributed by atoms with Gasteiger partial charge in [-0.2, -0.15) is 0 Å². The van der Waals surface area contributed by atoms with Crippen LogP contribution in [0, 0.1) is 7.14 Å². The van der Waals surface area contributed by atoms with Crippen molar-refractivity contribution in [1.29, 1.82) is 0 Å². The van der Waals surface area contributed by atoms with Crippen LogP contribution in [0.4, 0.5) is 0 Å². The molecular formula is C48H56I2O12S. The van der Waals surface area contributed by atoms with Gasteiger partial charge < -0.3 is 37.9 Å². The molecule has 4 aromatic rings. The van der Waals surface area contributed by atoms with Crippen LogP contribution in [-0.4, -0.2) is 70.6 Å². The summed E-state index contributed by atoms with van der Waals surface area (Å²) in [6, 6.07) is 23.0. The zero-order valence-electron chi connectivity index (χ0n) is 36.2. The predicted octanol–water partition coefficient (Wildman–Crippen LogP) is 11.1. The maximum atomic E-state index is 13.5. The summed E-state index contributed by atoms with van der Waals surface area (Å²) >= 11 is 4.33. The molecule has 2 aliphatic rings. The van der Waals surface area contributed by atoms with Gasteiger partial charge in [0.05, 0.1) is 23.0 Å². The normalized spacial score (nSPS) is 16.5. The van der Waals surface area contributed by atoms with Crippen LogP contribution in [0.5, 0.6) is 23.0 Å². The molecule has 15 heteroatoms. The van der Waals surface area contributed by atoms with Gasteiger partial charge in [0.2, 0.25) is 9.84 Å². The first kappa shape index (κ1) is 48.8. The Morgan fingerprint density at radius 3 is 1.29 bits per heavy atom. The van der Waals surface area contributed by atoms with Crippen molar-refractivity contribution in [3.63, 3.8) is 0 Å². The summed E-state index contributed by atoms with van der Waals surface area (Å²) in [6.07, 6.45) is 7.95. The van der Waals surface area contributed by atoms with Crippen LogP contribution in [0.3, 0.4) is 0 Å². The van der Waals surface area contributed by atoms with Crippen LogP contribution in [0.1, 0.15) is 113 Å². The molecule has 0 saturated heterocycles. The summed E-state index contributed by atoms with van der Waals surface area (Å²) in [7, 11) is -3.84. The molecule has 0 heterocycles. The average molecular weight is 1110 g/mol. The van der Waals surface area contributed by atoms with Gasteiger partial charge >= 0.3 is 11.9 Å². The third-order valence-corrected chi connectivity index (χ3v) is 14.6. The molecule has 2 unspecified atom stereocenters. The molecule has 0 radical (unpaired) electrons. The number of ether oxygens (including phenoxy) is 8. The van der Waals surface area contributed by atoms with Gasteiger partial charge in [0.1, 0.15) is 58.5 Å². The average Bonchev–Trinajstić information content (AvgIpc) is 3.95. The topological polar surface area (TPSA) is 142 Å². The highest BCUT2D eigenvalue weighted by Gasteiger charge is 2.38. The van der Waals surface area contributed by atoms with Gasteiger partial charge in [-0.3, -0.25) is 0 Å². The smallest absolute Gasteiger partial charge is 0.342 e. The summed E-state index contributed by atoms with van der Waals surface area (Å²) in [5.74, 6) is 0.956. The monoisotopic (exact) mass is 1110 g/mol. The number of esters is 2. The lowest BCUT2D eigenvalue weighted by Gasteiger charge is -2.28. The van der Waals surface area contributed by atoms with E-state index in [-0.39, 0.29) is 48.2 Å². The van der Waals surface area contributed by atoms with Crippen molar-refractivity contribution in [3.8, 4) is 23.0 Å². The van der Waals surface area contributed by atoms with Crippen LogP contribution in [0.2, 0.25) is 0 Å². The predicted molar refractivity (Wildman–Crippen MR) is 254 cm³/mol. The minimum Gasteiger partial charge on any atom is -0.490 e. The Hall–Kier alpha value is -3.65. The fourth-order valence-corrected chi connectivity index (χ4v) is 10.1. The number of carbonyl (C=O) groups is 2.